The smallest absolute Gasteiger partial charge is 0.150 e. The van der Waals surface area contributed by atoms with Gasteiger partial charge in [0.15, 0.2) is 6.29 Å². The predicted octanol–water partition coefficient (Wildman–Crippen LogP) is 1.24. The molecule has 0 unspecified atom stereocenters. The Hall–Kier alpha value is -1.11. The zero-order chi connectivity index (χ0) is 5.98. The average Bonchev–Trinajstić information content (AvgIpc) is 2.14. The van der Waals surface area contributed by atoms with Crippen molar-refractivity contribution in [2.45, 2.75) is 0 Å². The number of hydrogen-bond donors (Lipinski definition) is 0. The molecule has 40 valence electrons. The fourth-order valence-electron chi connectivity index (χ4n) is 0.586. The molecule has 0 saturated carbocycles. The van der Waals surface area contributed by atoms with Crippen molar-refractivity contribution < 1.29 is 4.79 Å². The lowest BCUT2D eigenvalue weighted by molar-refractivity contribution is -0.104. The van der Waals surface area contributed by atoms with Gasteiger partial charge >= 0.3 is 0 Å². The lowest BCUT2D eigenvalue weighted by atomic mass is 10.2. The number of hydrogen-bond acceptors (Lipinski definition) is 1. The summed E-state index contributed by atoms with van der Waals surface area (Å²) in [5, 5.41) is 0. The Morgan fingerprint density at radius 2 is 2.38 bits per heavy atom. The largest absolute Gasteiger partial charge is 0.298 e. The number of carbonyl (C=O) groups excluding carboxylic acids is 1. The van der Waals surface area contributed by atoms with Crippen molar-refractivity contribution in [2.24, 2.45) is 0 Å². The molecule has 0 saturated heterocycles. The molecule has 8 heavy (non-hydrogen) atoms. The molecule has 0 spiro atoms. The lowest BCUT2D eigenvalue weighted by Crippen LogP contribution is -1.79. The van der Waals surface area contributed by atoms with Gasteiger partial charge in [0.2, 0.25) is 0 Å². The van der Waals surface area contributed by atoms with Gasteiger partial charge in [-0.1, -0.05) is 24.8 Å². The van der Waals surface area contributed by atoms with Crippen LogP contribution in [0.1, 0.15) is 0 Å². The topological polar surface area (TPSA) is 17.1 Å². The molecule has 0 heterocycles. The first-order chi connectivity index (χ1) is 3.84. The maximum Gasteiger partial charge on any atom is 0.150 e. The van der Waals surface area contributed by atoms with Crippen LogP contribution in [0.4, 0.5) is 0 Å². The highest BCUT2D eigenvalue weighted by Crippen LogP contribution is 2.12. The highest BCUT2D eigenvalue weighted by atomic mass is 16.1. The fraction of sp³-hybridized carbons (Fsp3) is 0. The Bertz CT molecular complexity index is 185. The first-order valence-corrected chi connectivity index (χ1v) is 2.37. The van der Waals surface area contributed by atoms with Crippen LogP contribution in [0.3, 0.4) is 0 Å². The normalized spacial score (nSPS) is 16.5. The van der Waals surface area contributed by atoms with Crippen LogP contribution in [0.25, 0.3) is 0 Å². The van der Waals surface area contributed by atoms with Crippen molar-refractivity contribution in [3.8, 4) is 0 Å². The van der Waals surface area contributed by atoms with Gasteiger partial charge in [-0.05, 0) is 5.57 Å². The van der Waals surface area contributed by atoms with Gasteiger partial charge < -0.3 is 0 Å². The van der Waals surface area contributed by atoms with E-state index in [9.17, 15) is 4.79 Å². The first-order valence-electron chi connectivity index (χ1n) is 2.37. The van der Waals surface area contributed by atoms with Crippen LogP contribution >= 0.6 is 0 Å². The summed E-state index contributed by atoms with van der Waals surface area (Å²) in [7, 11) is 0. The van der Waals surface area contributed by atoms with Gasteiger partial charge in [-0.25, -0.2) is 0 Å². The highest BCUT2D eigenvalue weighted by Gasteiger charge is 1.99. The summed E-state index contributed by atoms with van der Waals surface area (Å²) in [6, 6.07) is 0. The van der Waals surface area contributed by atoms with Crippen molar-refractivity contribution in [2.75, 3.05) is 0 Å². The first kappa shape index (κ1) is 5.04. The molecule has 1 nitrogen and oxygen atoms in total. The van der Waals surface area contributed by atoms with Crippen LogP contribution in [0, 0.1) is 0 Å². The van der Waals surface area contributed by atoms with E-state index >= 15 is 0 Å². The second kappa shape index (κ2) is 1.78. The maximum absolute atomic E-state index is 10.0. The molecule has 0 bridgehead atoms. The maximum atomic E-state index is 10.0. The predicted molar refractivity (Wildman–Crippen MR) is 32.4 cm³/mol. The number of rotatable bonds is 1. The third-order valence-electron chi connectivity index (χ3n) is 1.07. The van der Waals surface area contributed by atoms with E-state index in [1.54, 1.807) is 6.08 Å². The summed E-state index contributed by atoms with van der Waals surface area (Å²) >= 11 is 0. The molecule has 0 aromatic heterocycles. The van der Waals surface area contributed by atoms with Gasteiger partial charge in [0.1, 0.15) is 0 Å². The summed E-state index contributed by atoms with van der Waals surface area (Å²) in [6.07, 6.45) is 6.17. The minimum Gasteiger partial charge on any atom is -0.298 e. The molecule has 0 aromatic carbocycles. The second-order valence-electron chi connectivity index (χ2n) is 1.62. The van der Waals surface area contributed by atoms with Crippen LogP contribution in [0.5, 0.6) is 0 Å². The lowest BCUT2D eigenvalue weighted by Gasteiger charge is -1.85. The van der Waals surface area contributed by atoms with Gasteiger partial charge in [0, 0.05) is 5.57 Å². The van der Waals surface area contributed by atoms with Crippen LogP contribution < -0.4 is 0 Å². The molecule has 1 aliphatic rings. The third-order valence-corrected chi connectivity index (χ3v) is 1.07. The molecule has 1 rings (SSSR count). The monoisotopic (exact) mass is 106 g/mol. The van der Waals surface area contributed by atoms with Crippen molar-refractivity contribution in [1.29, 1.82) is 0 Å². The van der Waals surface area contributed by atoms with Crippen molar-refractivity contribution in [3.63, 3.8) is 0 Å². The molecule has 0 N–H and O–H groups in total. The summed E-state index contributed by atoms with van der Waals surface area (Å²) in [6.45, 7) is 3.62. The molecule has 0 fully saturated rings. The van der Waals surface area contributed by atoms with E-state index in [4.69, 9.17) is 0 Å². The third kappa shape index (κ3) is 0.624. The van der Waals surface area contributed by atoms with E-state index in [-0.39, 0.29) is 0 Å². The second-order valence-corrected chi connectivity index (χ2v) is 1.62. The van der Waals surface area contributed by atoms with Gasteiger partial charge in [0.25, 0.3) is 0 Å². The molecule has 0 aromatic rings. The molecular weight excluding hydrogens is 100 g/mol. The molecule has 1 aliphatic carbocycles. The molecular formula is C7H6O. The Balaban J connectivity index is 2.88. The van der Waals surface area contributed by atoms with Crippen LogP contribution in [-0.2, 0) is 4.79 Å². The minimum absolute atomic E-state index is 0.685. The van der Waals surface area contributed by atoms with Gasteiger partial charge in [0.05, 0.1) is 0 Å². The van der Waals surface area contributed by atoms with E-state index < -0.39 is 0 Å². The van der Waals surface area contributed by atoms with Crippen LogP contribution in [0.2, 0.25) is 0 Å². The van der Waals surface area contributed by atoms with E-state index in [0.29, 0.717) is 5.57 Å². The quantitative estimate of drug-likeness (QED) is 0.459. The standard InChI is InChI=1S/C7H6O/c1-6-3-2-4-7(6)5-8/h2-5H,1H2. The van der Waals surface area contributed by atoms with Gasteiger partial charge in [-0.2, -0.15) is 0 Å². The van der Waals surface area contributed by atoms with E-state index in [1.165, 1.54) is 0 Å². The summed E-state index contributed by atoms with van der Waals surface area (Å²) in [5.41, 5.74) is 1.49. The SMILES string of the molecule is C=C1C=CC=C1C=O. The zero-order valence-electron chi connectivity index (χ0n) is 4.42. The van der Waals surface area contributed by atoms with Crippen molar-refractivity contribution >= 4 is 6.29 Å². The van der Waals surface area contributed by atoms with Gasteiger partial charge in [-0.3, -0.25) is 4.79 Å². The van der Waals surface area contributed by atoms with E-state index in [0.717, 1.165) is 11.9 Å². The number of carbonyl (C=O) groups is 1. The van der Waals surface area contributed by atoms with E-state index in [1.807, 2.05) is 12.2 Å². The average molecular weight is 106 g/mol. The molecule has 0 aliphatic heterocycles. The fourth-order valence-corrected chi connectivity index (χ4v) is 0.586. The Labute approximate surface area is 48.0 Å². The van der Waals surface area contributed by atoms with Crippen LogP contribution in [0.15, 0.2) is 36.0 Å². The summed E-state index contributed by atoms with van der Waals surface area (Å²) in [4.78, 5) is 10.0. The van der Waals surface area contributed by atoms with Crippen molar-refractivity contribution in [3.05, 3.63) is 36.0 Å². The Kier molecular flexibility index (Phi) is 1.12. The number of aldehydes is 1. The molecule has 0 amide bonds. The molecule has 0 atom stereocenters. The van der Waals surface area contributed by atoms with Crippen molar-refractivity contribution in [1.82, 2.24) is 0 Å². The summed E-state index contributed by atoms with van der Waals surface area (Å²) < 4.78 is 0. The minimum atomic E-state index is 0.685. The van der Waals surface area contributed by atoms with E-state index in [2.05, 4.69) is 6.58 Å². The van der Waals surface area contributed by atoms with Crippen LogP contribution in [-0.4, -0.2) is 6.29 Å². The van der Waals surface area contributed by atoms with Gasteiger partial charge in [-0.15, -0.1) is 0 Å². The zero-order valence-corrected chi connectivity index (χ0v) is 4.42. The molecule has 0 radical (unpaired) electrons. The Morgan fingerprint density at radius 3 is 2.62 bits per heavy atom. The number of allylic oxidation sites excluding steroid dienone is 5. The highest BCUT2D eigenvalue weighted by molar-refractivity contribution is 5.83. The molecule has 1 heteroatoms. The Morgan fingerprint density at radius 1 is 1.62 bits per heavy atom. The summed E-state index contributed by atoms with van der Waals surface area (Å²) in [5.74, 6) is 0.